The van der Waals surface area contributed by atoms with Crippen molar-refractivity contribution in [1.82, 2.24) is 4.90 Å². The fourth-order valence-corrected chi connectivity index (χ4v) is 2.48. The van der Waals surface area contributed by atoms with Gasteiger partial charge in [-0.1, -0.05) is 0 Å². The van der Waals surface area contributed by atoms with Crippen molar-refractivity contribution >= 4 is 34.7 Å². The number of hydrogen-bond donors (Lipinski definition) is 1. The number of aliphatic imine (C=N–C) groups is 1. The van der Waals surface area contributed by atoms with Crippen molar-refractivity contribution in [3.8, 4) is 0 Å². The lowest BCUT2D eigenvalue weighted by Crippen LogP contribution is -2.33. The van der Waals surface area contributed by atoms with Gasteiger partial charge in [0.2, 0.25) is 5.91 Å². The Morgan fingerprint density at radius 3 is 2.57 bits per heavy atom. The van der Waals surface area contributed by atoms with E-state index in [9.17, 15) is 4.79 Å². The minimum Gasteiger partial charge on any atom is -0.386 e. The fourth-order valence-electron chi connectivity index (χ4n) is 2.42. The number of anilines is 1. The summed E-state index contributed by atoms with van der Waals surface area (Å²) in [7, 11) is 0. The molecule has 0 atom stereocenters. The van der Waals surface area contributed by atoms with Crippen molar-refractivity contribution in [3.05, 3.63) is 24.3 Å². The summed E-state index contributed by atoms with van der Waals surface area (Å²) in [5, 5.41) is 0. The van der Waals surface area contributed by atoms with Crippen LogP contribution >= 0.6 is 11.6 Å². The van der Waals surface area contributed by atoms with Crippen molar-refractivity contribution in [3.63, 3.8) is 0 Å². The van der Waals surface area contributed by atoms with Crippen molar-refractivity contribution in [2.24, 2.45) is 10.7 Å². The first kappa shape index (κ1) is 15.6. The van der Waals surface area contributed by atoms with Crippen molar-refractivity contribution in [2.75, 3.05) is 37.0 Å². The number of hydrogen-bond acceptors (Lipinski definition) is 3. The smallest absolute Gasteiger partial charge is 0.219 e. The zero-order valence-electron chi connectivity index (χ0n) is 12.3. The van der Waals surface area contributed by atoms with Gasteiger partial charge in [0, 0.05) is 38.8 Å². The molecule has 1 aliphatic heterocycles. The molecule has 114 valence electrons. The number of nitrogens with zero attached hydrogens (tertiary/aromatic N) is 3. The highest BCUT2D eigenvalue weighted by Crippen LogP contribution is 2.21. The topological polar surface area (TPSA) is 61.9 Å². The Balaban J connectivity index is 2.03. The number of rotatable bonds is 3. The summed E-state index contributed by atoms with van der Waals surface area (Å²) in [6.07, 6.45) is 0.985. The molecule has 1 aromatic carbocycles. The molecule has 2 rings (SSSR count). The third-order valence-electron chi connectivity index (χ3n) is 3.57. The third-order valence-corrected chi connectivity index (χ3v) is 3.84. The number of carbonyl (C=O) groups is 1. The molecule has 0 radical (unpaired) electrons. The molecule has 1 amide bonds. The van der Waals surface area contributed by atoms with Gasteiger partial charge in [0.15, 0.2) is 0 Å². The Bertz CT molecular complexity index is 515. The molecule has 0 unspecified atom stereocenters. The predicted molar refractivity (Wildman–Crippen MR) is 87.5 cm³/mol. The molecular formula is C15H21ClN4O. The van der Waals surface area contributed by atoms with Gasteiger partial charge >= 0.3 is 0 Å². The van der Waals surface area contributed by atoms with Crippen molar-refractivity contribution in [1.29, 1.82) is 0 Å². The molecule has 1 aromatic rings. The zero-order valence-corrected chi connectivity index (χ0v) is 13.0. The predicted octanol–water partition coefficient (Wildman–Crippen LogP) is 1.97. The highest BCUT2D eigenvalue weighted by Gasteiger charge is 2.16. The van der Waals surface area contributed by atoms with Crippen LogP contribution in [0.1, 0.15) is 13.3 Å². The number of alkyl halides is 1. The summed E-state index contributed by atoms with van der Waals surface area (Å²) in [4.78, 5) is 19.8. The minimum absolute atomic E-state index is 0.151. The van der Waals surface area contributed by atoms with E-state index >= 15 is 0 Å². The fraction of sp³-hybridized carbons (Fsp3) is 0.467. The number of nitrogens with two attached hydrogens (primary N) is 1. The van der Waals surface area contributed by atoms with E-state index in [0.717, 1.165) is 44.0 Å². The van der Waals surface area contributed by atoms with Gasteiger partial charge in [0.25, 0.3) is 0 Å². The van der Waals surface area contributed by atoms with Gasteiger partial charge < -0.3 is 15.5 Å². The van der Waals surface area contributed by atoms with Crippen LogP contribution in [0, 0.1) is 0 Å². The first-order valence-corrected chi connectivity index (χ1v) is 7.63. The third kappa shape index (κ3) is 4.36. The Morgan fingerprint density at radius 2 is 1.95 bits per heavy atom. The van der Waals surface area contributed by atoms with Crippen LogP contribution in [-0.2, 0) is 4.79 Å². The Labute approximate surface area is 130 Å². The molecule has 1 heterocycles. The largest absolute Gasteiger partial charge is 0.386 e. The lowest BCUT2D eigenvalue weighted by molar-refractivity contribution is -0.128. The lowest BCUT2D eigenvalue weighted by atomic mass is 10.2. The summed E-state index contributed by atoms with van der Waals surface area (Å²) < 4.78 is 0. The zero-order chi connectivity index (χ0) is 15.2. The van der Waals surface area contributed by atoms with Gasteiger partial charge in [-0.3, -0.25) is 4.79 Å². The first-order valence-electron chi connectivity index (χ1n) is 7.09. The molecule has 6 heteroatoms. The number of halogens is 1. The summed E-state index contributed by atoms with van der Waals surface area (Å²) in [5.74, 6) is 0.795. The summed E-state index contributed by atoms with van der Waals surface area (Å²) >= 11 is 5.62. The first-order chi connectivity index (χ1) is 10.1. The standard InChI is InChI=1S/C15H21ClN4O/c1-12(21)19-7-2-8-20(10-9-19)14-5-3-13(4-6-14)18-15(17)11-16/h3-6H,2,7-11H2,1H3,(H2,17,18). The van der Waals surface area contributed by atoms with Crippen LogP contribution in [0.4, 0.5) is 11.4 Å². The minimum atomic E-state index is 0.151. The summed E-state index contributed by atoms with van der Waals surface area (Å²) in [6.45, 7) is 5.04. The molecule has 2 N–H and O–H groups in total. The Morgan fingerprint density at radius 1 is 1.24 bits per heavy atom. The van der Waals surface area contributed by atoms with Crippen LogP contribution in [0.2, 0.25) is 0 Å². The molecule has 0 aliphatic carbocycles. The van der Waals surface area contributed by atoms with E-state index in [2.05, 4.69) is 9.89 Å². The van der Waals surface area contributed by atoms with E-state index in [-0.39, 0.29) is 11.8 Å². The maximum absolute atomic E-state index is 11.4. The van der Waals surface area contributed by atoms with Crippen LogP contribution in [0.25, 0.3) is 0 Å². The maximum Gasteiger partial charge on any atom is 0.219 e. The normalized spacial score (nSPS) is 16.8. The van der Waals surface area contributed by atoms with E-state index in [0.29, 0.717) is 5.84 Å². The molecule has 0 aromatic heterocycles. The second kappa shape index (κ2) is 7.31. The second-order valence-electron chi connectivity index (χ2n) is 5.10. The van der Waals surface area contributed by atoms with Crippen LogP contribution < -0.4 is 10.6 Å². The van der Waals surface area contributed by atoms with Crippen LogP contribution in [0.3, 0.4) is 0 Å². The maximum atomic E-state index is 11.4. The van der Waals surface area contributed by atoms with Gasteiger partial charge in [-0.05, 0) is 30.7 Å². The summed E-state index contributed by atoms with van der Waals surface area (Å²) in [6, 6.07) is 7.93. The monoisotopic (exact) mass is 308 g/mol. The van der Waals surface area contributed by atoms with Gasteiger partial charge in [0.1, 0.15) is 5.84 Å². The van der Waals surface area contributed by atoms with Gasteiger partial charge in [-0.15, -0.1) is 11.6 Å². The molecule has 21 heavy (non-hydrogen) atoms. The quantitative estimate of drug-likeness (QED) is 0.527. The van der Waals surface area contributed by atoms with Crippen LogP contribution in [0.5, 0.6) is 0 Å². The number of amidine groups is 1. The van der Waals surface area contributed by atoms with E-state index in [1.807, 2.05) is 29.2 Å². The molecule has 1 fully saturated rings. The van der Waals surface area contributed by atoms with E-state index in [4.69, 9.17) is 17.3 Å². The molecule has 0 saturated carbocycles. The van der Waals surface area contributed by atoms with Crippen LogP contribution in [0.15, 0.2) is 29.3 Å². The van der Waals surface area contributed by atoms with Crippen molar-refractivity contribution in [2.45, 2.75) is 13.3 Å². The Kier molecular flexibility index (Phi) is 5.44. The van der Waals surface area contributed by atoms with E-state index < -0.39 is 0 Å². The van der Waals surface area contributed by atoms with Gasteiger partial charge in [0.05, 0.1) is 11.6 Å². The van der Waals surface area contributed by atoms with Crippen LogP contribution in [-0.4, -0.2) is 48.7 Å². The molecular weight excluding hydrogens is 288 g/mol. The Hall–Kier alpha value is -1.75. The average molecular weight is 309 g/mol. The van der Waals surface area contributed by atoms with Crippen molar-refractivity contribution < 1.29 is 4.79 Å². The van der Waals surface area contributed by atoms with E-state index in [1.54, 1.807) is 6.92 Å². The second-order valence-corrected chi connectivity index (χ2v) is 5.37. The average Bonchev–Trinajstić information content (AvgIpc) is 2.74. The van der Waals surface area contributed by atoms with Gasteiger partial charge in [-0.25, -0.2) is 4.99 Å². The number of amides is 1. The molecule has 1 aliphatic rings. The molecule has 0 bridgehead atoms. The highest BCUT2D eigenvalue weighted by atomic mass is 35.5. The lowest BCUT2D eigenvalue weighted by Gasteiger charge is -2.23. The number of carbonyl (C=O) groups excluding carboxylic acids is 1. The number of benzene rings is 1. The SMILES string of the molecule is CC(=O)N1CCCN(c2ccc(N=C(N)CCl)cc2)CC1. The van der Waals surface area contributed by atoms with Gasteiger partial charge in [-0.2, -0.15) is 0 Å². The highest BCUT2D eigenvalue weighted by molar-refractivity contribution is 6.28. The molecule has 0 spiro atoms. The van der Waals surface area contributed by atoms with E-state index in [1.165, 1.54) is 0 Å². The summed E-state index contributed by atoms with van der Waals surface area (Å²) in [5.41, 5.74) is 7.57. The molecule has 1 saturated heterocycles. The molecule has 5 nitrogen and oxygen atoms in total.